The minimum atomic E-state index is -0.505. The van der Waals surface area contributed by atoms with Gasteiger partial charge in [-0.25, -0.2) is 4.98 Å². The maximum absolute atomic E-state index is 12.0. The summed E-state index contributed by atoms with van der Waals surface area (Å²) in [5.41, 5.74) is 3.77. The van der Waals surface area contributed by atoms with Crippen molar-refractivity contribution < 1.29 is 9.53 Å². The maximum Gasteiger partial charge on any atom is 0.249 e. The SMILES string of the molecule is C[C@@H]1CNC(=O)[C@H](Cc2cn(-c3cccc(-c4ccc(Cl)c(Cl)c4)c3)cn2)O1. The van der Waals surface area contributed by atoms with Crippen molar-refractivity contribution >= 4 is 29.1 Å². The number of nitrogens with one attached hydrogen (secondary N) is 1. The van der Waals surface area contributed by atoms with Crippen LogP contribution in [0.4, 0.5) is 0 Å². The standard InChI is InChI=1S/C21H19Cl2N3O2/c1-13-10-24-21(27)20(28-13)9-16-11-26(12-25-16)17-4-2-3-14(7-17)15-5-6-18(22)19(23)8-15/h2-8,11-13,20H,9-10H2,1H3,(H,24,27)/t13-,20+/m1/s1. The summed E-state index contributed by atoms with van der Waals surface area (Å²) < 4.78 is 7.66. The van der Waals surface area contributed by atoms with Crippen molar-refractivity contribution in [1.82, 2.24) is 14.9 Å². The van der Waals surface area contributed by atoms with Crippen molar-refractivity contribution in [3.63, 3.8) is 0 Å². The lowest BCUT2D eigenvalue weighted by atomic mass is 10.1. The predicted octanol–water partition coefficient (Wildman–Crippen LogP) is 4.29. The number of hydrogen-bond donors (Lipinski definition) is 1. The third kappa shape index (κ3) is 4.07. The van der Waals surface area contributed by atoms with E-state index in [2.05, 4.69) is 16.4 Å². The van der Waals surface area contributed by atoms with Gasteiger partial charge in [-0.2, -0.15) is 0 Å². The molecule has 0 unspecified atom stereocenters. The Morgan fingerprint density at radius 1 is 1.18 bits per heavy atom. The van der Waals surface area contributed by atoms with Gasteiger partial charge in [0.2, 0.25) is 5.91 Å². The van der Waals surface area contributed by atoms with E-state index in [1.807, 2.05) is 48.0 Å². The maximum atomic E-state index is 12.0. The van der Waals surface area contributed by atoms with Crippen molar-refractivity contribution in [3.8, 4) is 16.8 Å². The van der Waals surface area contributed by atoms with E-state index in [0.717, 1.165) is 22.5 Å². The number of carbonyl (C=O) groups is 1. The largest absolute Gasteiger partial charge is 0.363 e. The molecule has 7 heteroatoms. The lowest BCUT2D eigenvalue weighted by molar-refractivity contribution is -0.143. The molecule has 1 aliphatic heterocycles. The molecule has 0 aliphatic carbocycles. The summed E-state index contributed by atoms with van der Waals surface area (Å²) in [6, 6.07) is 13.6. The van der Waals surface area contributed by atoms with Gasteiger partial charge in [-0.15, -0.1) is 0 Å². The van der Waals surface area contributed by atoms with E-state index in [1.54, 1.807) is 12.4 Å². The van der Waals surface area contributed by atoms with Crippen LogP contribution in [0.5, 0.6) is 0 Å². The molecule has 1 aliphatic rings. The van der Waals surface area contributed by atoms with Crippen LogP contribution < -0.4 is 5.32 Å². The number of ether oxygens (including phenoxy) is 1. The van der Waals surface area contributed by atoms with Gasteiger partial charge in [0.15, 0.2) is 0 Å². The fourth-order valence-electron chi connectivity index (χ4n) is 3.21. The Kier molecular flexibility index (Phi) is 5.40. The van der Waals surface area contributed by atoms with Crippen molar-refractivity contribution in [1.29, 1.82) is 0 Å². The third-order valence-corrected chi connectivity index (χ3v) is 5.42. The third-order valence-electron chi connectivity index (χ3n) is 4.68. The molecule has 28 heavy (non-hydrogen) atoms. The highest BCUT2D eigenvalue weighted by atomic mass is 35.5. The van der Waals surface area contributed by atoms with Crippen LogP contribution in [0, 0.1) is 0 Å². The van der Waals surface area contributed by atoms with E-state index in [-0.39, 0.29) is 12.0 Å². The molecule has 5 nitrogen and oxygen atoms in total. The highest BCUT2D eigenvalue weighted by Crippen LogP contribution is 2.29. The number of benzene rings is 2. The van der Waals surface area contributed by atoms with Gasteiger partial charge in [0, 0.05) is 24.8 Å². The van der Waals surface area contributed by atoms with Gasteiger partial charge in [0.25, 0.3) is 0 Å². The molecule has 0 radical (unpaired) electrons. The number of imidazole rings is 1. The number of morpholine rings is 1. The number of hydrogen-bond acceptors (Lipinski definition) is 3. The highest BCUT2D eigenvalue weighted by Gasteiger charge is 2.27. The first-order valence-corrected chi connectivity index (χ1v) is 9.77. The smallest absolute Gasteiger partial charge is 0.249 e. The minimum absolute atomic E-state index is 0.00710. The van der Waals surface area contributed by atoms with Crippen molar-refractivity contribution in [3.05, 3.63) is 70.7 Å². The average Bonchev–Trinajstić information content (AvgIpc) is 3.16. The van der Waals surface area contributed by atoms with E-state index in [1.165, 1.54) is 0 Å². The molecule has 0 bridgehead atoms. The summed E-state index contributed by atoms with van der Waals surface area (Å²) >= 11 is 12.2. The molecule has 2 aromatic carbocycles. The van der Waals surface area contributed by atoms with Gasteiger partial charge in [-0.05, 0) is 42.3 Å². The molecule has 144 valence electrons. The van der Waals surface area contributed by atoms with E-state index >= 15 is 0 Å². The Bertz CT molecular complexity index is 1020. The summed E-state index contributed by atoms with van der Waals surface area (Å²) in [5.74, 6) is -0.0886. The number of nitrogens with zero attached hydrogens (tertiary/aromatic N) is 2. The molecule has 1 amide bonds. The Balaban J connectivity index is 1.55. The first-order valence-electron chi connectivity index (χ1n) is 9.01. The lowest BCUT2D eigenvalue weighted by Gasteiger charge is -2.27. The fourth-order valence-corrected chi connectivity index (χ4v) is 3.51. The van der Waals surface area contributed by atoms with Crippen LogP contribution in [0.15, 0.2) is 55.0 Å². The second-order valence-corrected chi connectivity index (χ2v) is 7.65. The minimum Gasteiger partial charge on any atom is -0.363 e. The van der Waals surface area contributed by atoms with Crippen LogP contribution in [0.2, 0.25) is 10.0 Å². The zero-order chi connectivity index (χ0) is 19.7. The summed E-state index contributed by atoms with van der Waals surface area (Å²) in [4.78, 5) is 16.4. The van der Waals surface area contributed by atoms with Gasteiger partial charge < -0.3 is 14.6 Å². The van der Waals surface area contributed by atoms with Crippen LogP contribution >= 0.6 is 23.2 Å². The molecule has 4 rings (SSSR count). The molecular weight excluding hydrogens is 397 g/mol. The molecule has 3 aromatic rings. The van der Waals surface area contributed by atoms with Crippen molar-refractivity contribution in [2.75, 3.05) is 6.54 Å². The van der Waals surface area contributed by atoms with Crippen LogP contribution in [-0.2, 0) is 16.0 Å². The first-order chi connectivity index (χ1) is 13.5. The number of rotatable bonds is 4. The second kappa shape index (κ2) is 7.95. The number of aromatic nitrogens is 2. The van der Waals surface area contributed by atoms with E-state index in [9.17, 15) is 4.79 Å². The summed E-state index contributed by atoms with van der Waals surface area (Å²) in [7, 11) is 0. The Morgan fingerprint density at radius 3 is 2.82 bits per heavy atom. The van der Waals surface area contributed by atoms with Gasteiger partial charge in [0.05, 0.1) is 28.2 Å². The van der Waals surface area contributed by atoms with E-state index < -0.39 is 6.10 Å². The predicted molar refractivity (Wildman–Crippen MR) is 110 cm³/mol. The van der Waals surface area contributed by atoms with Crippen LogP contribution in [-0.4, -0.2) is 34.2 Å². The number of halogens is 2. The number of amides is 1. The molecule has 1 fully saturated rings. The van der Waals surface area contributed by atoms with E-state index in [0.29, 0.717) is 23.0 Å². The summed E-state index contributed by atoms with van der Waals surface area (Å²) in [6.45, 7) is 2.49. The van der Waals surface area contributed by atoms with Gasteiger partial charge in [-0.3, -0.25) is 4.79 Å². The average molecular weight is 416 g/mol. The van der Waals surface area contributed by atoms with Gasteiger partial charge >= 0.3 is 0 Å². The fraction of sp³-hybridized carbons (Fsp3) is 0.238. The Labute approximate surface area is 173 Å². The molecule has 2 atom stereocenters. The van der Waals surface area contributed by atoms with Crippen LogP contribution in [0.3, 0.4) is 0 Å². The van der Waals surface area contributed by atoms with Crippen molar-refractivity contribution in [2.24, 2.45) is 0 Å². The normalized spacial score (nSPS) is 19.5. The van der Waals surface area contributed by atoms with Crippen molar-refractivity contribution in [2.45, 2.75) is 25.6 Å². The Morgan fingerprint density at radius 2 is 2.00 bits per heavy atom. The highest BCUT2D eigenvalue weighted by molar-refractivity contribution is 6.42. The molecule has 0 saturated carbocycles. The Hall–Kier alpha value is -2.34. The monoisotopic (exact) mass is 415 g/mol. The van der Waals surface area contributed by atoms with E-state index in [4.69, 9.17) is 27.9 Å². The molecular formula is C21H19Cl2N3O2. The quantitative estimate of drug-likeness (QED) is 0.691. The zero-order valence-electron chi connectivity index (χ0n) is 15.2. The first kappa shape index (κ1) is 19.0. The number of carbonyl (C=O) groups excluding carboxylic acids is 1. The molecule has 0 spiro atoms. The van der Waals surface area contributed by atoms with Crippen LogP contribution in [0.1, 0.15) is 12.6 Å². The molecule has 1 saturated heterocycles. The topological polar surface area (TPSA) is 56.2 Å². The second-order valence-electron chi connectivity index (χ2n) is 6.84. The summed E-state index contributed by atoms with van der Waals surface area (Å²) in [5, 5.41) is 3.91. The van der Waals surface area contributed by atoms with Gasteiger partial charge in [0.1, 0.15) is 6.10 Å². The summed E-state index contributed by atoms with van der Waals surface area (Å²) in [6.07, 6.45) is 3.61. The van der Waals surface area contributed by atoms with Gasteiger partial charge in [-0.1, -0.05) is 41.4 Å². The van der Waals surface area contributed by atoms with Crippen LogP contribution in [0.25, 0.3) is 16.8 Å². The molecule has 1 N–H and O–H groups in total. The lowest BCUT2D eigenvalue weighted by Crippen LogP contribution is -2.49. The zero-order valence-corrected chi connectivity index (χ0v) is 16.7. The molecule has 1 aromatic heterocycles. The molecule has 2 heterocycles.